The van der Waals surface area contributed by atoms with E-state index in [-0.39, 0.29) is 38.8 Å². The van der Waals surface area contributed by atoms with Gasteiger partial charge in [-0.15, -0.1) is 0 Å². The number of rotatable bonds is 37. The van der Waals surface area contributed by atoms with Crippen LogP contribution in [-0.2, 0) is 60.8 Å². The zero-order valence-electron chi connectivity index (χ0n) is 40.9. The second kappa shape index (κ2) is 34.3. The molecule has 0 saturated heterocycles. The van der Waals surface area contributed by atoms with Crippen LogP contribution in [0.4, 0.5) is 0 Å². The van der Waals surface area contributed by atoms with Crippen LogP contribution in [0, 0.1) is 0 Å². The van der Waals surface area contributed by atoms with Crippen LogP contribution in [0.25, 0.3) is 0 Å². The number of aliphatic carboxylic acids is 2. The topological polar surface area (TPSA) is 446 Å². The summed E-state index contributed by atoms with van der Waals surface area (Å²) in [6.07, 6.45) is 0.676. The Morgan fingerprint density at radius 1 is 0.438 bits per heavy atom. The molecule has 2 aromatic rings. The number of benzene rings is 2. The van der Waals surface area contributed by atoms with Gasteiger partial charge in [0.2, 0.25) is 47.3 Å². The summed E-state index contributed by atoms with van der Waals surface area (Å²) in [4.78, 5) is 132. The van der Waals surface area contributed by atoms with Crippen molar-refractivity contribution in [1.29, 1.82) is 0 Å². The molecule has 0 bridgehead atoms. The molecule has 73 heavy (non-hydrogen) atoms. The summed E-state index contributed by atoms with van der Waals surface area (Å²) in [6.45, 7) is -0.0814. The van der Waals surface area contributed by atoms with Crippen molar-refractivity contribution in [3.8, 4) is 0 Å². The molecule has 2 aromatic carbocycles. The van der Waals surface area contributed by atoms with Gasteiger partial charge in [-0.05, 0) is 88.5 Å². The Labute approximate surface area is 423 Å². The Hall–Kier alpha value is -7.06. The third-order valence-corrected chi connectivity index (χ3v) is 11.4. The average molecular weight is 1030 g/mol. The van der Waals surface area contributed by atoms with Crippen molar-refractivity contribution in [1.82, 2.24) is 37.2 Å². The number of carbonyl (C=O) groups is 10. The molecule has 0 radical (unpaired) electrons. The number of amides is 8. The molecule has 0 spiro atoms. The van der Waals surface area contributed by atoms with Gasteiger partial charge in [0.05, 0.1) is 19.1 Å². The van der Waals surface area contributed by atoms with Gasteiger partial charge in [0.15, 0.2) is 0 Å². The Morgan fingerprint density at radius 2 is 0.795 bits per heavy atom. The lowest BCUT2D eigenvalue weighted by Gasteiger charge is -2.28. The van der Waals surface area contributed by atoms with Crippen LogP contribution in [0.3, 0.4) is 0 Å². The van der Waals surface area contributed by atoms with Crippen LogP contribution in [0.1, 0.15) is 88.2 Å². The second-order valence-electron chi connectivity index (χ2n) is 17.4. The number of aliphatic hydroxyl groups excluding tert-OH is 1. The lowest BCUT2D eigenvalue weighted by atomic mass is 10.0. The van der Waals surface area contributed by atoms with E-state index in [1.54, 1.807) is 60.7 Å². The monoisotopic (exact) mass is 1030 g/mol. The fraction of sp³-hybridized carbons (Fsp3) is 0.542. The van der Waals surface area contributed by atoms with E-state index < -0.39 is 133 Å². The molecule has 0 aromatic heterocycles. The molecule has 8 atom stereocenters. The smallest absolute Gasteiger partial charge is 0.326 e. The first kappa shape index (κ1) is 62.1. The minimum absolute atomic E-state index is 0.00796. The van der Waals surface area contributed by atoms with Crippen molar-refractivity contribution in [3.63, 3.8) is 0 Å². The molecule has 0 aliphatic heterocycles. The van der Waals surface area contributed by atoms with E-state index in [1.807, 2.05) is 0 Å². The van der Waals surface area contributed by atoms with Crippen LogP contribution >= 0.6 is 0 Å². The molecule has 0 fully saturated rings. The molecule has 25 nitrogen and oxygen atoms in total. The first-order valence-corrected chi connectivity index (χ1v) is 24.2. The predicted octanol–water partition coefficient (Wildman–Crippen LogP) is -3.60. The van der Waals surface area contributed by atoms with E-state index in [2.05, 4.69) is 37.2 Å². The molecule has 20 N–H and O–H groups in total. The maximum Gasteiger partial charge on any atom is 0.326 e. The second-order valence-corrected chi connectivity index (χ2v) is 17.4. The molecule has 0 heterocycles. The zero-order valence-corrected chi connectivity index (χ0v) is 40.9. The Morgan fingerprint density at radius 3 is 1.21 bits per heavy atom. The summed E-state index contributed by atoms with van der Waals surface area (Å²) in [5.41, 5.74) is 29.7. The zero-order chi connectivity index (χ0) is 54.3. The number of hydrogen-bond acceptors (Lipinski definition) is 15. The summed E-state index contributed by atoms with van der Waals surface area (Å²) in [6, 6.07) is 5.39. The van der Waals surface area contributed by atoms with E-state index >= 15 is 0 Å². The first-order chi connectivity index (χ1) is 34.8. The molecule has 0 aliphatic rings. The minimum Gasteiger partial charge on any atom is -0.481 e. The molecule has 8 amide bonds. The molecule has 0 aliphatic carbocycles. The molecule has 404 valence electrons. The van der Waals surface area contributed by atoms with Crippen LogP contribution in [0.5, 0.6) is 0 Å². The highest BCUT2D eigenvalue weighted by Gasteiger charge is 2.35. The van der Waals surface area contributed by atoms with E-state index in [1.165, 1.54) is 0 Å². The highest BCUT2D eigenvalue weighted by molar-refractivity contribution is 5.98. The van der Waals surface area contributed by atoms with Crippen LogP contribution in [-0.4, -0.2) is 149 Å². The predicted molar refractivity (Wildman–Crippen MR) is 266 cm³/mol. The van der Waals surface area contributed by atoms with Crippen LogP contribution in [0.15, 0.2) is 60.7 Å². The number of primary amides is 1. The standard InChI is InChI=1S/C48H74N12O13/c49-22-10-7-17-31(52)41(65)57-35(25-29-13-3-1-4-14-29)45(69)60-38(28-61)47(71)55-32(18-8-11-23-50)42(66)54-33(19-9-12-24-51)43(67)58-36(26-30-15-5-2-6-16-30)44(68)59-37(27-39(53)62)46(70)56-34(48(72)73)20-21-40(63)64/h1-6,13-16,31-38,61H,7-12,17-28,49-52H2,(H2,53,62)(H,54,66)(H,55,71)(H,56,70)(H,57,65)(H,58,67)(H,59,68)(H,60,69)(H,63,64)(H,72,73). The summed E-state index contributed by atoms with van der Waals surface area (Å²) >= 11 is 0. The molecule has 8 unspecified atom stereocenters. The van der Waals surface area contributed by atoms with Crippen molar-refractivity contribution in [2.75, 3.05) is 26.2 Å². The van der Waals surface area contributed by atoms with Crippen molar-refractivity contribution >= 4 is 59.2 Å². The highest BCUT2D eigenvalue weighted by Crippen LogP contribution is 2.11. The van der Waals surface area contributed by atoms with Gasteiger partial charge in [-0.1, -0.05) is 67.1 Å². The number of carboxylic acid groups (broad SMARTS) is 2. The van der Waals surface area contributed by atoms with Gasteiger partial charge in [0.1, 0.15) is 42.3 Å². The summed E-state index contributed by atoms with van der Waals surface area (Å²) < 4.78 is 0. The summed E-state index contributed by atoms with van der Waals surface area (Å²) in [5.74, 6) is -10.4. The molecular weight excluding hydrogens is 953 g/mol. The van der Waals surface area contributed by atoms with Crippen molar-refractivity contribution in [2.24, 2.45) is 28.7 Å². The SMILES string of the molecule is NCCCCC(N)C(=O)NC(Cc1ccccc1)C(=O)NC(CO)C(=O)NC(CCCCN)C(=O)NC(CCCCN)C(=O)NC(Cc1ccccc1)C(=O)NC(CC(N)=O)C(=O)NC(CCC(=O)O)C(=O)O. The number of hydrogen-bond donors (Lipinski definition) is 15. The molecule has 0 saturated carbocycles. The van der Waals surface area contributed by atoms with Gasteiger partial charge in [-0.25, -0.2) is 4.79 Å². The molecule has 25 heteroatoms. The number of aliphatic hydroxyl groups is 1. The number of nitrogens with two attached hydrogens (primary N) is 5. The number of nitrogens with one attached hydrogen (secondary N) is 7. The average Bonchev–Trinajstić information content (AvgIpc) is 3.35. The summed E-state index contributed by atoms with van der Waals surface area (Å²) in [5, 5.41) is 46.4. The van der Waals surface area contributed by atoms with Gasteiger partial charge in [-0.2, -0.15) is 0 Å². The number of unbranched alkanes of at least 4 members (excludes halogenated alkanes) is 3. The quantitative estimate of drug-likeness (QED) is 0.0291. The van der Waals surface area contributed by atoms with Gasteiger partial charge in [-0.3, -0.25) is 43.2 Å². The summed E-state index contributed by atoms with van der Waals surface area (Å²) in [7, 11) is 0. The Kier molecular flexibility index (Phi) is 29.2. The van der Waals surface area contributed by atoms with E-state index in [9.17, 15) is 58.2 Å². The fourth-order valence-electron chi connectivity index (χ4n) is 7.32. The van der Waals surface area contributed by atoms with Gasteiger partial charge in [0, 0.05) is 19.3 Å². The maximum absolute atomic E-state index is 14.3. The number of carbonyl (C=O) groups excluding carboxylic acids is 8. The third kappa shape index (κ3) is 24.3. The fourth-order valence-corrected chi connectivity index (χ4v) is 7.32. The highest BCUT2D eigenvalue weighted by atomic mass is 16.4. The van der Waals surface area contributed by atoms with E-state index in [4.69, 9.17) is 33.8 Å². The van der Waals surface area contributed by atoms with Crippen molar-refractivity contribution in [3.05, 3.63) is 71.8 Å². The Bertz CT molecular complexity index is 2100. The van der Waals surface area contributed by atoms with Crippen molar-refractivity contribution < 1.29 is 63.3 Å². The van der Waals surface area contributed by atoms with E-state index in [0.717, 1.165) is 0 Å². The van der Waals surface area contributed by atoms with E-state index in [0.29, 0.717) is 62.6 Å². The maximum atomic E-state index is 14.3. The normalized spacial score (nSPS) is 14.3. The largest absolute Gasteiger partial charge is 0.481 e. The lowest BCUT2D eigenvalue weighted by Crippen LogP contribution is -2.61. The lowest BCUT2D eigenvalue weighted by molar-refractivity contribution is -0.143. The molecular formula is C48H74N12O13. The van der Waals surface area contributed by atoms with Gasteiger partial charge >= 0.3 is 11.9 Å². The van der Waals surface area contributed by atoms with Crippen molar-refractivity contribution in [2.45, 2.75) is 138 Å². The minimum atomic E-state index is -1.78. The van der Waals surface area contributed by atoms with Crippen LogP contribution in [0.2, 0.25) is 0 Å². The third-order valence-electron chi connectivity index (χ3n) is 11.4. The number of carboxylic acids is 2. The Balaban J connectivity index is 2.42. The van der Waals surface area contributed by atoms with Gasteiger partial charge in [0.25, 0.3) is 0 Å². The van der Waals surface area contributed by atoms with Crippen LogP contribution < -0.4 is 65.9 Å². The van der Waals surface area contributed by atoms with Gasteiger partial charge < -0.3 is 81.2 Å². The first-order valence-electron chi connectivity index (χ1n) is 24.2. The molecule has 2 rings (SSSR count).